The highest BCUT2D eigenvalue weighted by Crippen LogP contribution is 2.36. The number of allylic oxidation sites excluding steroid dienone is 1. The lowest BCUT2D eigenvalue weighted by atomic mass is 9.86. The Morgan fingerprint density at radius 2 is 1.88 bits per heavy atom. The molecule has 168 valence electrons. The smallest absolute Gasteiger partial charge is 0.358 e. The van der Waals surface area contributed by atoms with E-state index in [9.17, 15) is 26.4 Å². The summed E-state index contributed by atoms with van der Waals surface area (Å²) in [6.07, 6.45) is -2.54. The minimum absolute atomic E-state index is 0.114. The fourth-order valence-electron chi connectivity index (χ4n) is 3.64. The molecule has 0 fully saturated rings. The van der Waals surface area contributed by atoms with Crippen LogP contribution in [0.25, 0.3) is 0 Å². The second kappa shape index (κ2) is 8.76. The fourth-order valence-corrected chi connectivity index (χ4v) is 4.60. The van der Waals surface area contributed by atoms with Gasteiger partial charge in [0.15, 0.2) is 15.6 Å². The van der Waals surface area contributed by atoms with Gasteiger partial charge >= 0.3 is 6.18 Å². The van der Waals surface area contributed by atoms with E-state index < -0.39 is 27.6 Å². The average molecular weight is 463 g/mol. The summed E-state index contributed by atoms with van der Waals surface area (Å²) in [6, 6.07) is 9.25. The molecule has 0 saturated carbocycles. The highest BCUT2D eigenvalue weighted by Gasteiger charge is 2.32. The number of alkyl halides is 3. The molecule has 0 bridgehead atoms. The minimum atomic E-state index is -4.53. The molecule has 10 heteroatoms. The maximum atomic E-state index is 13.1. The minimum Gasteiger partial charge on any atom is -0.358 e. The Hall–Kier alpha value is -3.16. The Labute approximate surface area is 183 Å². The lowest BCUT2D eigenvalue weighted by Crippen LogP contribution is -2.27. The summed E-state index contributed by atoms with van der Waals surface area (Å²) in [4.78, 5) is 12.6. The largest absolute Gasteiger partial charge is 0.416 e. The first-order valence-electron chi connectivity index (χ1n) is 9.62. The zero-order valence-corrected chi connectivity index (χ0v) is 17.8. The summed E-state index contributed by atoms with van der Waals surface area (Å²) >= 11 is 0. The first-order valence-corrected chi connectivity index (χ1v) is 11.5. The van der Waals surface area contributed by atoms with Crippen LogP contribution in [0, 0.1) is 11.3 Å². The number of carbonyl (C=O) groups excluding carboxylic acids is 1. The molecule has 0 spiro atoms. The summed E-state index contributed by atoms with van der Waals surface area (Å²) in [7, 11) is -3.78. The van der Waals surface area contributed by atoms with Crippen molar-refractivity contribution in [2.75, 3.05) is 11.6 Å². The molecule has 3 N–H and O–H groups in total. The number of halogens is 3. The van der Waals surface area contributed by atoms with E-state index in [4.69, 9.17) is 11.0 Å². The van der Waals surface area contributed by atoms with Gasteiger partial charge in [0.25, 0.3) is 0 Å². The van der Waals surface area contributed by atoms with Gasteiger partial charge in [-0.25, -0.2) is 8.42 Å². The van der Waals surface area contributed by atoms with Crippen molar-refractivity contribution in [2.24, 2.45) is 5.73 Å². The van der Waals surface area contributed by atoms with Gasteiger partial charge in [0.05, 0.1) is 28.1 Å². The molecule has 0 aliphatic heterocycles. The molecule has 3 rings (SSSR count). The number of rotatable bonds is 5. The quantitative estimate of drug-likeness (QED) is 0.690. The van der Waals surface area contributed by atoms with Gasteiger partial charge in [-0.2, -0.15) is 18.4 Å². The van der Waals surface area contributed by atoms with Crippen molar-refractivity contribution in [1.29, 1.82) is 5.26 Å². The van der Waals surface area contributed by atoms with E-state index in [-0.39, 0.29) is 39.5 Å². The van der Waals surface area contributed by atoms with Gasteiger partial charge in [0, 0.05) is 29.6 Å². The summed E-state index contributed by atoms with van der Waals surface area (Å²) in [5.74, 6) is -0.318. The molecular weight excluding hydrogens is 443 g/mol. The van der Waals surface area contributed by atoms with Crippen LogP contribution in [0.3, 0.4) is 0 Å². The van der Waals surface area contributed by atoms with Crippen LogP contribution in [-0.4, -0.2) is 20.5 Å². The van der Waals surface area contributed by atoms with Crippen molar-refractivity contribution >= 4 is 21.3 Å². The molecule has 2 aromatic rings. The van der Waals surface area contributed by atoms with Crippen LogP contribution in [0.2, 0.25) is 0 Å². The molecule has 1 atom stereocenters. The molecule has 1 unspecified atom stereocenters. The second-order valence-electron chi connectivity index (χ2n) is 7.49. The zero-order valence-electron chi connectivity index (χ0n) is 17.0. The number of sulfone groups is 1. The number of nitrogens with one attached hydrogen (secondary N) is 1. The van der Waals surface area contributed by atoms with E-state index in [1.165, 1.54) is 30.3 Å². The number of benzene rings is 2. The van der Waals surface area contributed by atoms with Crippen LogP contribution in [0.15, 0.2) is 58.6 Å². The summed E-state index contributed by atoms with van der Waals surface area (Å²) < 4.78 is 63.8. The number of hydrogen-bond acceptors (Lipinski definition) is 6. The van der Waals surface area contributed by atoms with E-state index in [0.29, 0.717) is 18.5 Å². The highest BCUT2D eigenvalue weighted by atomic mass is 32.2. The standard InChI is InChI=1S/C22H20F3N3O3S/c1-32(30,31)19-10-13(12-26)8-9-16(19)21(27)20-17(6-3-7-18(20)29)28-15-5-2-4-14(11-15)22(23,24)25/h2,4-5,8-11,21,28H,3,6-7,27H2,1H3. The average Bonchev–Trinajstić information content (AvgIpc) is 2.72. The molecule has 1 aliphatic rings. The number of hydrogen-bond donors (Lipinski definition) is 2. The molecule has 0 heterocycles. The molecule has 0 aromatic heterocycles. The Bertz CT molecular complexity index is 1250. The Morgan fingerprint density at radius 3 is 2.50 bits per heavy atom. The third kappa shape index (κ3) is 5.00. The Balaban J connectivity index is 2.10. The monoisotopic (exact) mass is 463 g/mol. The first-order chi connectivity index (χ1) is 14.9. The van der Waals surface area contributed by atoms with Crippen LogP contribution in [0.4, 0.5) is 18.9 Å². The molecule has 1 aliphatic carbocycles. The molecule has 2 aromatic carbocycles. The van der Waals surface area contributed by atoms with Gasteiger partial charge in [-0.05, 0) is 48.7 Å². The molecule has 0 saturated heterocycles. The number of anilines is 1. The van der Waals surface area contributed by atoms with Crippen LogP contribution in [0.1, 0.15) is 42.0 Å². The van der Waals surface area contributed by atoms with Crippen molar-refractivity contribution in [3.63, 3.8) is 0 Å². The predicted octanol–water partition coefficient (Wildman–Crippen LogP) is 4.10. The molecule has 0 radical (unpaired) electrons. The van der Waals surface area contributed by atoms with E-state index in [2.05, 4.69) is 5.32 Å². The highest BCUT2D eigenvalue weighted by molar-refractivity contribution is 7.90. The number of carbonyl (C=O) groups is 1. The summed E-state index contributed by atoms with van der Waals surface area (Å²) in [6.45, 7) is 0. The fraction of sp³-hybridized carbons (Fsp3) is 0.273. The van der Waals surface area contributed by atoms with Crippen molar-refractivity contribution in [3.05, 3.63) is 70.4 Å². The second-order valence-corrected chi connectivity index (χ2v) is 9.47. The van der Waals surface area contributed by atoms with E-state index >= 15 is 0 Å². The third-order valence-electron chi connectivity index (χ3n) is 5.13. The van der Waals surface area contributed by atoms with Crippen molar-refractivity contribution in [1.82, 2.24) is 0 Å². The van der Waals surface area contributed by atoms with Crippen molar-refractivity contribution in [3.8, 4) is 6.07 Å². The normalized spacial score (nSPS) is 15.9. The SMILES string of the molecule is CS(=O)(=O)c1cc(C#N)ccc1C(N)C1=C(Nc2cccc(C(F)(F)F)c2)CCCC1=O. The number of nitriles is 1. The molecule has 32 heavy (non-hydrogen) atoms. The molecule has 6 nitrogen and oxygen atoms in total. The van der Waals surface area contributed by atoms with Gasteiger partial charge in [-0.1, -0.05) is 12.1 Å². The molecule has 0 amide bonds. The van der Waals surface area contributed by atoms with E-state index in [0.717, 1.165) is 18.4 Å². The van der Waals surface area contributed by atoms with Crippen molar-refractivity contribution in [2.45, 2.75) is 36.4 Å². The van der Waals surface area contributed by atoms with E-state index in [1.54, 1.807) is 0 Å². The number of nitrogens with two attached hydrogens (primary N) is 1. The van der Waals surface area contributed by atoms with Gasteiger partial charge in [-0.15, -0.1) is 0 Å². The lowest BCUT2D eigenvalue weighted by Gasteiger charge is -2.26. The lowest BCUT2D eigenvalue weighted by molar-refractivity contribution is -0.137. The predicted molar refractivity (Wildman–Crippen MR) is 112 cm³/mol. The summed E-state index contributed by atoms with van der Waals surface area (Å²) in [5.41, 5.74) is 6.35. The van der Waals surface area contributed by atoms with Crippen LogP contribution >= 0.6 is 0 Å². The van der Waals surface area contributed by atoms with E-state index in [1.807, 2.05) is 6.07 Å². The van der Waals surface area contributed by atoms with Crippen LogP contribution in [0.5, 0.6) is 0 Å². The Kier molecular flexibility index (Phi) is 6.44. The van der Waals surface area contributed by atoms with Gasteiger partial charge in [0.1, 0.15) is 0 Å². The van der Waals surface area contributed by atoms with Gasteiger partial charge in [0.2, 0.25) is 0 Å². The van der Waals surface area contributed by atoms with Crippen molar-refractivity contribution < 1.29 is 26.4 Å². The van der Waals surface area contributed by atoms with Gasteiger partial charge in [-0.3, -0.25) is 4.79 Å². The number of nitrogens with zero attached hydrogens (tertiary/aromatic N) is 1. The zero-order chi connectivity index (χ0) is 23.7. The number of Topliss-reactive ketones (excluding diaryl/α,β-unsaturated/α-hetero) is 1. The third-order valence-corrected chi connectivity index (χ3v) is 6.28. The Morgan fingerprint density at radius 1 is 1.16 bits per heavy atom. The first kappa shape index (κ1) is 23.5. The van der Waals surface area contributed by atoms with Gasteiger partial charge < -0.3 is 11.1 Å². The topological polar surface area (TPSA) is 113 Å². The van der Waals surface area contributed by atoms with Crippen LogP contribution < -0.4 is 11.1 Å². The maximum absolute atomic E-state index is 13.1. The maximum Gasteiger partial charge on any atom is 0.416 e. The molecular formula is C22H20F3N3O3S. The number of ketones is 1. The van der Waals surface area contributed by atoms with Crippen LogP contribution in [-0.2, 0) is 20.8 Å². The summed E-state index contributed by atoms with van der Waals surface area (Å²) in [5, 5.41) is 12.0.